The third-order valence-corrected chi connectivity index (χ3v) is 5.93. The molecule has 1 rings (SSSR count). The molecule has 0 radical (unpaired) electrons. The van der Waals surface area contributed by atoms with Crippen LogP contribution in [0, 0.1) is 0 Å². The van der Waals surface area contributed by atoms with Gasteiger partial charge in [-0.1, -0.05) is 103 Å². The van der Waals surface area contributed by atoms with Gasteiger partial charge in [-0.15, -0.1) is 0 Å². The van der Waals surface area contributed by atoms with Gasteiger partial charge in [0.1, 0.15) is 5.75 Å². The van der Waals surface area contributed by atoms with Crippen molar-refractivity contribution in [2.75, 3.05) is 14.1 Å². The van der Waals surface area contributed by atoms with E-state index in [2.05, 4.69) is 45.0 Å². The fourth-order valence-corrected chi connectivity index (χ4v) is 4.19. The molecule has 2 heteroatoms. The van der Waals surface area contributed by atoms with Crippen LogP contribution in [-0.4, -0.2) is 24.1 Å². The van der Waals surface area contributed by atoms with Crippen LogP contribution in [0.15, 0.2) is 12.1 Å². The molecule has 0 aliphatic rings. The van der Waals surface area contributed by atoms with Crippen LogP contribution < -0.4 is 0 Å². The van der Waals surface area contributed by atoms with Crippen LogP contribution >= 0.6 is 0 Å². The lowest BCUT2D eigenvalue weighted by atomic mass is 9.96. The van der Waals surface area contributed by atoms with Crippen molar-refractivity contribution in [1.29, 1.82) is 0 Å². The molecule has 0 amide bonds. The Balaban J connectivity index is 2.53. The average Bonchev–Trinajstić information content (AvgIpc) is 2.69. The van der Waals surface area contributed by atoms with E-state index in [1.54, 1.807) is 0 Å². The molecule has 2 nitrogen and oxygen atoms in total. The highest BCUT2D eigenvalue weighted by molar-refractivity contribution is 5.44. The van der Waals surface area contributed by atoms with Gasteiger partial charge in [0.25, 0.3) is 0 Å². The first-order valence-corrected chi connectivity index (χ1v) is 12.6. The number of aryl methyl sites for hydroxylation is 2. The molecule has 0 aliphatic heterocycles. The van der Waals surface area contributed by atoms with Crippen LogP contribution in [0.4, 0.5) is 0 Å². The highest BCUT2D eigenvalue weighted by atomic mass is 16.3. The lowest BCUT2D eigenvalue weighted by Crippen LogP contribution is -2.11. The van der Waals surface area contributed by atoms with E-state index >= 15 is 0 Å². The van der Waals surface area contributed by atoms with Crippen LogP contribution in [0.25, 0.3) is 0 Å². The quantitative estimate of drug-likeness (QED) is 0.251. The van der Waals surface area contributed by atoms with E-state index in [4.69, 9.17) is 0 Å². The average molecular weight is 404 g/mol. The van der Waals surface area contributed by atoms with Crippen LogP contribution in [0.2, 0.25) is 0 Å². The molecule has 1 N–H and O–H groups in total. The van der Waals surface area contributed by atoms with Crippen molar-refractivity contribution in [2.45, 2.75) is 123 Å². The van der Waals surface area contributed by atoms with Gasteiger partial charge in [-0.05, 0) is 50.9 Å². The van der Waals surface area contributed by atoms with Gasteiger partial charge >= 0.3 is 0 Å². The van der Waals surface area contributed by atoms with Gasteiger partial charge in [-0.2, -0.15) is 0 Å². The Morgan fingerprint density at radius 3 is 1.59 bits per heavy atom. The molecule has 1 aromatic rings. The summed E-state index contributed by atoms with van der Waals surface area (Å²) in [5.41, 5.74) is 3.70. The number of nitrogens with zero attached hydrogens (tertiary/aromatic N) is 1. The number of phenolic OH excluding ortho intramolecular Hbond substituents is 1. The summed E-state index contributed by atoms with van der Waals surface area (Å²) in [5, 5.41) is 10.8. The summed E-state index contributed by atoms with van der Waals surface area (Å²) in [6, 6.07) is 4.54. The summed E-state index contributed by atoms with van der Waals surface area (Å²) in [4.78, 5) is 2.16. The Bertz CT molecular complexity index is 524. The molecule has 0 saturated heterocycles. The lowest BCUT2D eigenvalue weighted by Gasteiger charge is -2.16. The molecule has 0 unspecified atom stereocenters. The lowest BCUT2D eigenvalue weighted by molar-refractivity contribution is 0.383. The van der Waals surface area contributed by atoms with Crippen molar-refractivity contribution >= 4 is 0 Å². The second-order valence-electron chi connectivity index (χ2n) is 9.24. The molecule has 0 spiro atoms. The summed E-state index contributed by atoms with van der Waals surface area (Å²) < 4.78 is 0. The van der Waals surface area contributed by atoms with Gasteiger partial charge in [0.15, 0.2) is 0 Å². The van der Waals surface area contributed by atoms with E-state index in [0.717, 1.165) is 24.9 Å². The van der Waals surface area contributed by atoms with Gasteiger partial charge in [0.05, 0.1) is 0 Å². The Morgan fingerprint density at radius 1 is 0.621 bits per heavy atom. The maximum absolute atomic E-state index is 10.8. The minimum absolute atomic E-state index is 0.549. The molecule has 0 bridgehead atoms. The Labute approximate surface area is 182 Å². The Morgan fingerprint density at radius 2 is 1.07 bits per heavy atom. The largest absolute Gasteiger partial charge is 0.507 e. The Kier molecular flexibility index (Phi) is 15.0. The molecular weight excluding hydrogens is 354 g/mol. The predicted octanol–water partition coefficient (Wildman–Crippen LogP) is 8.04. The van der Waals surface area contributed by atoms with Gasteiger partial charge in [-0.3, -0.25) is 0 Å². The summed E-state index contributed by atoms with van der Waals surface area (Å²) in [6.45, 7) is 5.37. The molecule has 0 fully saturated rings. The number of phenols is 1. The molecule has 0 aromatic heterocycles. The monoisotopic (exact) mass is 403 g/mol. The maximum atomic E-state index is 10.8. The minimum atomic E-state index is 0.549. The summed E-state index contributed by atoms with van der Waals surface area (Å²) in [7, 11) is 4.16. The molecule has 0 saturated carbocycles. The van der Waals surface area contributed by atoms with Crippen LogP contribution in [-0.2, 0) is 19.4 Å². The number of aromatic hydroxyl groups is 1. The topological polar surface area (TPSA) is 23.5 Å². The molecule has 0 heterocycles. The minimum Gasteiger partial charge on any atom is -0.507 e. The first-order valence-electron chi connectivity index (χ1n) is 12.6. The van der Waals surface area contributed by atoms with E-state index in [9.17, 15) is 5.11 Å². The molecule has 0 aliphatic carbocycles. The molecule has 29 heavy (non-hydrogen) atoms. The third-order valence-electron chi connectivity index (χ3n) is 5.93. The Hall–Kier alpha value is -1.02. The fourth-order valence-electron chi connectivity index (χ4n) is 4.19. The van der Waals surface area contributed by atoms with Crippen molar-refractivity contribution in [1.82, 2.24) is 4.90 Å². The van der Waals surface area contributed by atoms with Crippen LogP contribution in [0.3, 0.4) is 0 Å². The predicted molar refractivity (Wildman–Crippen MR) is 129 cm³/mol. The number of hydrogen-bond donors (Lipinski definition) is 1. The maximum Gasteiger partial charge on any atom is 0.123 e. The van der Waals surface area contributed by atoms with Gasteiger partial charge in [0, 0.05) is 12.1 Å². The van der Waals surface area contributed by atoms with Crippen LogP contribution in [0.1, 0.15) is 120 Å². The van der Waals surface area contributed by atoms with Crippen molar-refractivity contribution in [3.8, 4) is 5.75 Å². The molecule has 1 aromatic carbocycles. The third kappa shape index (κ3) is 12.3. The fraction of sp³-hybridized carbons (Fsp3) is 0.778. The van der Waals surface area contributed by atoms with Crippen molar-refractivity contribution < 1.29 is 5.11 Å². The smallest absolute Gasteiger partial charge is 0.123 e. The zero-order valence-corrected chi connectivity index (χ0v) is 20.1. The zero-order valence-electron chi connectivity index (χ0n) is 20.1. The second-order valence-corrected chi connectivity index (χ2v) is 9.24. The number of benzene rings is 1. The van der Waals surface area contributed by atoms with Crippen molar-refractivity contribution in [3.05, 3.63) is 28.8 Å². The van der Waals surface area contributed by atoms with E-state index in [1.165, 1.54) is 101 Å². The van der Waals surface area contributed by atoms with E-state index in [1.807, 2.05) is 0 Å². The first kappa shape index (κ1) is 26.0. The standard InChI is InChI=1S/C27H49NO/c1-5-7-9-11-13-15-17-19-24-21-25(20-18-16-14-12-10-8-6-2)27(29)26(22-24)23-28(3)4/h21-22,29H,5-20,23H2,1-4H3. The molecule has 168 valence electrons. The van der Waals surface area contributed by atoms with Crippen LogP contribution in [0.5, 0.6) is 5.75 Å². The second kappa shape index (κ2) is 16.7. The summed E-state index contributed by atoms with van der Waals surface area (Å²) >= 11 is 0. The SMILES string of the molecule is CCCCCCCCCc1cc(CCCCCCCCC)c(O)c(CN(C)C)c1. The van der Waals surface area contributed by atoms with Crippen molar-refractivity contribution in [3.63, 3.8) is 0 Å². The zero-order chi connectivity index (χ0) is 21.3. The van der Waals surface area contributed by atoms with Gasteiger partial charge in [0.2, 0.25) is 0 Å². The number of hydrogen-bond acceptors (Lipinski definition) is 2. The van der Waals surface area contributed by atoms with Gasteiger partial charge < -0.3 is 10.0 Å². The highest BCUT2D eigenvalue weighted by Crippen LogP contribution is 2.28. The number of unbranched alkanes of at least 4 members (excludes halogenated alkanes) is 12. The number of rotatable bonds is 18. The van der Waals surface area contributed by atoms with E-state index < -0.39 is 0 Å². The normalized spacial score (nSPS) is 11.5. The first-order chi connectivity index (χ1) is 14.1. The highest BCUT2D eigenvalue weighted by Gasteiger charge is 2.11. The van der Waals surface area contributed by atoms with Crippen molar-refractivity contribution in [2.24, 2.45) is 0 Å². The molecule has 0 atom stereocenters. The molecular formula is C27H49NO. The summed E-state index contributed by atoms with van der Waals surface area (Å²) in [6.07, 6.45) is 20.9. The van der Waals surface area contributed by atoms with Gasteiger partial charge in [-0.25, -0.2) is 0 Å². The van der Waals surface area contributed by atoms with E-state index in [0.29, 0.717) is 5.75 Å². The summed E-state index contributed by atoms with van der Waals surface area (Å²) in [5.74, 6) is 0.549. The van der Waals surface area contributed by atoms with E-state index in [-0.39, 0.29) is 0 Å².